The third-order valence-electron chi connectivity index (χ3n) is 4.69. The molecule has 1 amide bonds. The van der Waals surface area contributed by atoms with E-state index < -0.39 is 0 Å². The highest BCUT2D eigenvalue weighted by molar-refractivity contribution is 5.83. The molecule has 23 heavy (non-hydrogen) atoms. The predicted octanol–water partition coefficient (Wildman–Crippen LogP) is 2.95. The first-order chi connectivity index (χ1) is 11.2. The highest BCUT2D eigenvalue weighted by Gasteiger charge is 2.30. The molecule has 3 rings (SSSR count). The van der Waals surface area contributed by atoms with E-state index in [0.29, 0.717) is 6.04 Å². The van der Waals surface area contributed by atoms with Gasteiger partial charge in [-0.1, -0.05) is 30.3 Å². The second-order valence-corrected chi connectivity index (χ2v) is 6.46. The van der Waals surface area contributed by atoms with Crippen LogP contribution in [0.2, 0.25) is 0 Å². The Morgan fingerprint density at radius 3 is 2.22 bits per heavy atom. The molecule has 0 spiro atoms. The number of nitrogens with zero attached hydrogens (tertiary/aromatic N) is 3. The van der Waals surface area contributed by atoms with Gasteiger partial charge in [-0.3, -0.25) is 9.69 Å². The molecule has 1 atom stereocenters. The van der Waals surface area contributed by atoms with Crippen LogP contribution in [0.1, 0.15) is 30.5 Å². The highest BCUT2D eigenvalue weighted by Crippen LogP contribution is 2.27. The Morgan fingerprint density at radius 1 is 1.04 bits per heavy atom. The minimum atomic E-state index is -0.195. The van der Waals surface area contributed by atoms with Crippen LogP contribution < -0.4 is 0 Å². The van der Waals surface area contributed by atoms with Crippen molar-refractivity contribution in [1.29, 1.82) is 0 Å². The summed E-state index contributed by atoms with van der Waals surface area (Å²) in [4.78, 5) is 17.0. The Bertz CT molecular complexity index is 613. The summed E-state index contributed by atoms with van der Waals surface area (Å²) in [5.74, 6) is 0.215. The number of rotatable bonds is 4. The second kappa shape index (κ2) is 7.01. The van der Waals surface area contributed by atoms with Crippen molar-refractivity contribution < 1.29 is 4.79 Å². The van der Waals surface area contributed by atoms with Crippen molar-refractivity contribution in [1.82, 2.24) is 14.4 Å². The molecule has 0 radical (unpaired) electrons. The standard InChI is InChI=1S/C19H25N3O/c1-20(2)18(16-8-4-3-5-9-16)19(23)22-14-10-17(11-15-22)21-12-6-7-13-21/h3-9,12-13,17-18H,10-11,14-15H2,1-2H3. The summed E-state index contributed by atoms with van der Waals surface area (Å²) in [6.45, 7) is 1.66. The number of benzene rings is 1. The number of hydrogen-bond acceptors (Lipinski definition) is 2. The van der Waals surface area contributed by atoms with E-state index in [1.165, 1.54) is 0 Å². The Morgan fingerprint density at radius 2 is 1.65 bits per heavy atom. The molecule has 2 heterocycles. The lowest BCUT2D eigenvalue weighted by Gasteiger charge is -2.36. The fourth-order valence-electron chi connectivity index (χ4n) is 3.45. The SMILES string of the molecule is CN(C)C(C(=O)N1CCC(n2cccc2)CC1)c1ccccc1. The quantitative estimate of drug-likeness (QED) is 0.868. The number of amides is 1. The van der Waals surface area contributed by atoms with E-state index in [-0.39, 0.29) is 11.9 Å². The van der Waals surface area contributed by atoms with Crippen molar-refractivity contribution in [2.45, 2.75) is 24.9 Å². The second-order valence-electron chi connectivity index (χ2n) is 6.46. The third kappa shape index (κ3) is 3.48. The van der Waals surface area contributed by atoms with Gasteiger partial charge in [-0.15, -0.1) is 0 Å². The molecular weight excluding hydrogens is 286 g/mol. The molecule has 1 aromatic carbocycles. The molecule has 0 aliphatic carbocycles. The molecule has 1 aromatic heterocycles. The van der Waals surface area contributed by atoms with Crippen LogP contribution in [-0.4, -0.2) is 47.5 Å². The van der Waals surface area contributed by atoms with Crippen LogP contribution in [-0.2, 0) is 4.79 Å². The highest BCUT2D eigenvalue weighted by atomic mass is 16.2. The van der Waals surface area contributed by atoms with E-state index in [1.54, 1.807) is 0 Å². The van der Waals surface area contributed by atoms with Gasteiger partial charge in [-0.25, -0.2) is 0 Å². The van der Waals surface area contributed by atoms with Gasteiger partial charge in [-0.2, -0.15) is 0 Å². The Labute approximate surface area is 138 Å². The van der Waals surface area contributed by atoms with Crippen LogP contribution in [0.3, 0.4) is 0 Å². The fourth-order valence-corrected chi connectivity index (χ4v) is 3.45. The Balaban J connectivity index is 1.68. The molecule has 1 fully saturated rings. The predicted molar refractivity (Wildman–Crippen MR) is 92.2 cm³/mol. The number of carbonyl (C=O) groups excluding carboxylic acids is 1. The number of hydrogen-bond donors (Lipinski definition) is 0. The van der Waals surface area contributed by atoms with Crippen molar-refractivity contribution in [2.24, 2.45) is 0 Å². The monoisotopic (exact) mass is 311 g/mol. The van der Waals surface area contributed by atoms with Crippen LogP contribution in [0, 0.1) is 0 Å². The largest absolute Gasteiger partial charge is 0.351 e. The molecule has 1 aliphatic rings. The van der Waals surface area contributed by atoms with Crippen LogP contribution >= 0.6 is 0 Å². The first-order valence-electron chi connectivity index (χ1n) is 8.29. The van der Waals surface area contributed by atoms with Gasteiger partial charge in [0.25, 0.3) is 0 Å². The summed E-state index contributed by atoms with van der Waals surface area (Å²) >= 11 is 0. The molecule has 0 bridgehead atoms. The summed E-state index contributed by atoms with van der Waals surface area (Å²) < 4.78 is 2.27. The zero-order chi connectivity index (χ0) is 16.2. The van der Waals surface area contributed by atoms with Crippen LogP contribution in [0.15, 0.2) is 54.9 Å². The minimum absolute atomic E-state index is 0.195. The first-order valence-corrected chi connectivity index (χ1v) is 8.29. The van der Waals surface area contributed by atoms with Gasteiger partial charge in [0, 0.05) is 31.5 Å². The number of piperidine rings is 1. The van der Waals surface area contributed by atoms with E-state index in [1.807, 2.05) is 54.2 Å². The van der Waals surface area contributed by atoms with Crippen molar-refractivity contribution in [3.8, 4) is 0 Å². The summed E-state index contributed by atoms with van der Waals surface area (Å²) in [5, 5.41) is 0. The average molecular weight is 311 g/mol. The maximum atomic E-state index is 13.0. The lowest BCUT2D eigenvalue weighted by Crippen LogP contribution is -2.44. The van der Waals surface area contributed by atoms with Crippen LogP contribution in [0.4, 0.5) is 0 Å². The van der Waals surface area contributed by atoms with E-state index >= 15 is 0 Å². The lowest BCUT2D eigenvalue weighted by atomic mass is 10.0. The molecule has 4 heteroatoms. The van der Waals surface area contributed by atoms with Gasteiger partial charge in [0.1, 0.15) is 6.04 Å². The Hall–Kier alpha value is -2.07. The van der Waals surface area contributed by atoms with Gasteiger partial charge in [0.05, 0.1) is 0 Å². The number of likely N-dealkylation sites (N-methyl/N-ethyl adjacent to an activating group) is 1. The van der Waals surface area contributed by atoms with Crippen LogP contribution in [0.25, 0.3) is 0 Å². The number of carbonyl (C=O) groups is 1. The smallest absolute Gasteiger partial charge is 0.244 e. The zero-order valence-electron chi connectivity index (χ0n) is 13.9. The fraction of sp³-hybridized carbons (Fsp3) is 0.421. The minimum Gasteiger partial charge on any atom is -0.351 e. The topological polar surface area (TPSA) is 28.5 Å². The van der Waals surface area contributed by atoms with E-state index in [9.17, 15) is 4.79 Å². The molecule has 1 saturated heterocycles. The molecule has 4 nitrogen and oxygen atoms in total. The van der Waals surface area contributed by atoms with Gasteiger partial charge >= 0.3 is 0 Å². The van der Waals surface area contributed by atoms with Crippen molar-refractivity contribution in [2.75, 3.05) is 27.2 Å². The van der Waals surface area contributed by atoms with Crippen LogP contribution in [0.5, 0.6) is 0 Å². The summed E-state index contributed by atoms with van der Waals surface area (Å²) in [6, 6.07) is 14.5. The molecule has 0 saturated carbocycles. The van der Waals surface area contributed by atoms with E-state index in [4.69, 9.17) is 0 Å². The lowest BCUT2D eigenvalue weighted by molar-refractivity contribution is -0.137. The number of aromatic nitrogens is 1. The zero-order valence-corrected chi connectivity index (χ0v) is 13.9. The van der Waals surface area contributed by atoms with Gasteiger partial charge in [-0.05, 0) is 44.6 Å². The van der Waals surface area contributed by atoms with Crippen molar-refractivity contribution in [3.05, 3.63) is 60.4 Å². The molecule has 2 aromatic rings. The van der Waals surface area contributed by atoms with Gasteiger partial charge in [0.2, 0.25) is 5.91 Å². The molecule has 1 unspecified atom stereocenters. The van der Waals surface area contributed by atoms with Gasteiger partial charge < -0.3 is 9.47 Å². The van der Waals surface area contributed by atoms with Crippen molar-refractivity contribution >= 4 is 5.91 Å². The van der Waals surface area contributed by atoms with Gasteiger partial charge in [0.15, 0.2) is 0 Å². The average Bonchev–Trinajstić information content (AvgIpc) is 3.10. The van der Waals surface area contributed by atoms with E-state index in [2.05, 4.69) is 29.1 Å². The summed E-state index contributed by atoms with van der Waals surface area (Å²) in [6.07, 6.45) is 6.29. The molecule has 0 N–H and O–H groups in total. The van der Waals surface area contributed by atoms with Crippen molar-refractivity contribution in [3.63, 3.8) is 0 Å². The summed E-state index contributed by atoms with van der Waals surface area (Å²) in [7, 11) is 3.95. The number of likely N-dealkylation sites (tertiary alicyclic amines) is 1. The summed E-state index contributed by atoms with van der Waals surface area (Å²) in [5.41, 5.74) is 1.06. The molecule has 1 aliphatic heterocycles. The van der Waals surface area contributed by atoms with E-state index in [0.717, 1.165) is 31.5 Å². The normalized spacial score (nSPS) is 17.4. The maximum Gasteiger partial charge on any atom is 0.244 e. The Kier molecular flexibility index (Phi) is 4.82. The molecular formula is C19H25N3O. The molecule has 122 valence electrons. The maximum absolute atomic E-state index is 13.0. The first kappa shape index (κ1) is 15.8. The third-order valence-corrected chi connectivity index (χ3v) is 4.69.